The number of ether oxygens (including phenoxy) is 1. The SMILES string of the molecule is O=C(Nc1noc2ccncc12)N1CCN(Cc2cccc(Oc3ccc(Cl)cc3)c2)CC1. The number of nitrogens with zero attached hydrogens (tertiary/aromatic N) is 4. The number of amides is 2. The lowest BCUT2D eigenvalue weighted by Crippen LogP contribution is -2.49. The average molecular weight is 464 g/mol. The number of aromatic nitrogens is 2. The Labute approximate surface area is 195 Å². The maximum Gasteiger partial charge on any atom is 0.323 e. The maximum atomic E-state index is 12.7. The van der Waals surface area contributed by atoms with Crippen LogP contribution in [0.2, 0.25) is 5.02 Å². The van der Waals surface area contributed by atoms with Gasteiger partial charge in [-0.25, -0.2) is 4.79 Å². The van der Waals surface area contributed by atoms with Crippen molar-refractivity contribution in [3.63, 3.8) is 0 Å². The second kappa shape index (κ2) is 9.48. The predicted molar refractivity (Wildman–Crippen MR) is 126 cm³/mol. The Morgan fingerprint density at radius 1 is 1.06 bits per heavy atom. The molecule has 0 aliphatic carbocycles. The molecule has 1 fully saturated rings. The van der Waals surface area contributed by atoms with Crippen molar-refractivity contribution in [3.8, 4) is 11.5 Å². The number of nitrogens with one attached hydrogen (secondary N) is 1. The third kappa shape index (κ3) is 5.08. The standard InChI is InChI=1S/C24H22ClN5O3/c25-18-4-6-19(7-5-18)32-20-3-1-2-17(14-20)16-29-10-12-30(13-11-29)24(31)27-23-21-15-26-9-8-22(21)33-28-23/h1-9,14-15H,10-13,16H2,(H,27,28,31). The number of hydrogen-bond donors (Lipinski definition) is 1. The lowest BCUT2D eigenvalue weighted by atomic mass is 10.2. The Bertz CT molecular complexity index is 1250. The van der Waals surface area contributed by atoms with Crippen LogP contribution in [0.25, 0.3) is 11.0 Å². The topological polar surface area (TPSA) is 83.7 Å². The molecule has 1 aliphatic heterocycles. The fourth-order valence-electron chi connectivity index (χ4n) is 3.77. The molecule has 2 aromatic heterocycles. The quantitative estimate of drug-likeness (QED) is 0.447. The third-order valence-corrected chi connectivity index (χ3v) is 5.76. The zero-order chi connectivity index (χ0) is 22.6. The molecule has 2 amide bonds. The third-order valence-electron chi connectivity index (χ3n) is 5.51. The number of carbonyl (C=O) groups excluding carboxylic acids is 1. The first-order valence-corrected chi connectivity index (χ1v) is 11.0. The van der Waals surface area contributed by atoms with Gasteiger partial charge >= 0.3 is 6.03 Å². The Morgan fingerprint density at radius 2 is 1.88 bits per heavy atom. The highest BCUT2D eigenvalue weighted by Gasteiger charge is 2.22. The first-order valence-electron chi connectivity index (χ1n) is 10.6. The molecule has 1 N–H and O–H groups in total. The van der Waals surface area contributed by atoms with Crippen LogP contribution in [-0.4, -0.2) is 52.2 Å². The number of fused-ring (bicyclic) bond motifs is 1. The van der Waals surface area contributed by atoms with Crippen LogP contribution in [-0.2, 0) is 6.54 Å². The summed E-state index contributed by atoms with van der Waals surface area (Å²) in [5.74, 6) is 1.91. The van der Waals surface area contributed by atoms with Crippen LogP contribution in [0, 0.1) is 0 Å². The summed E-state index contributed by atoms with van der Waals surface area (Å²) in [7, 11) is 0. The summed E-state index contributed by atoms with van der Waals surface area (Å²) in [5, 5.41) is 8.13. The van der Waals surface area contributed by atoms with Crippen molar-refractivity contribution in [1.82, 2.24) is 19.9 Å². The van der Waals surface area contributed by atoms with Crippen molar-refractivity contribution in [1.29, 1.82) is 0 Å². The van der Waals surface area contributed by atoms with E-state index in [9.17, 15) is 4.79 Å². The fourth-order valence-corrected chi connectivity index (χ4v) is 3.89. The van der Waals surface area contributed by atoms with Gasteiger partial charge in [-0.05, 0) is 42.0 Å². The smallest absolute Gasteiger partial charge is 0.323 e. The maximum absolute atomic E-state index is 12.7. The summed E-state index contributed by atoms with van der Waals surface area (Å²) >= 11 is 5.94. The van der Waals surface area contributed by atoms with E-state index in [1.54, 1.807) is 35.5 Å². The Kier molecular flexibility index (Phi) is 6.10. The van der Waals surface area contributed by atoms with Crippen molar-refractivity contribution in [2.75, 3.05) is 31.5 Å². The highest BCUT2D eigenvalue weighted by molar-refractivity contribution is 6.30. The van der Waals surface area contributed by atoms with Crippen LogP contribution >= 0.6 is 11.6 Å². The van der Waals surface area contributed by atoms with Gasteiger partial charge in [0, 0.05) is 56.2 Å². The zero-order valence-electron chi connectivity index (χ0n) is 17.8. The molecule has 4 aromatic rings. The highest BCUT2D eigenvalue weighted by Crippen LogP contribution is 2.25. The predicted octanol–water partition coefficient (Wildman–Crippen LogP) is 5.02. The number of pyridine rings is 1. The molecule has 5 rings (SSSR count). The number of piperazine rings is 1. The molecule has 1 saturated heterocycles. The summed E-state index contributed by atoms with van der Waals surface area (Å²) in [6.07, 6.45) is 3.25. The highest BCUT2D eigenvalue weighted by atomic mass is 35.5. The van der Waals surface area contributed by atoms with Crippen LogP contribution < -0.4 is 10.1 Å². The van der Waals surface area contributed by atoms with E-state index in [4.69, 9.17) is 20.9 Å². The van der Waals surface area contributed by atoms with Crippen LogP contribution in [0.5, 0.6) is 11.5 Å². The molecule has 2 aromatic carbocycles. The Morgan fingerprint density at radius 3 is 2.70 bits per heavy atom. The van der Waals surface area contributed by atoms with E-state index in [0.717, 1.165) is 36.7 Å². The van der Waals surface area contributed by atoms with E-state index in [1.165, 1.54) is 0 Å². The van der Waals surface area contributed by atoms with Gasteiger partial charge in [-0.15, -0.1) is 0 Å². The number of urea groups is 1. The van der Waals surface area contributed by atoms with E-state index >= 15 is 0 Å². The zero-order valence-corrected chi connectivity index (χ0v) is 18.5. The van der Waals surface area contributed by atoms with E-state index in [2.05, 4.69) is 26.4 Å². The number of rotatable bonds is 5. The Hall–Kier alpha value is -3.62. The lowest BCUT2D eigenvalue weighted by Gasteiger charge is -2.34. The summed E-state index contributed by atoms with van der Waals surface area (Å²) in [5.41, 5.74) is 1.74. The van der Waals surface area contributed by atoms with Gasteiger partial charge in [0.2, 0.25) is 0 Å². The molecule has 33 heavy (non-hydrogen) atoms. The van der Waals surface area contributed by atoms with Gasteiger partial charge in [0.1, 0.15) is 11.5 Å². The molecule has 0 bridgehead atoms. The molecular weight excluding hydrogens is 442 g/mol. The molecule has 0 unspecified atom stereocenters. The van der Waals surface area contributed by atoms with Crippen LogP contribution in [0.15, 0.2) is 71.5 Å². The van der Waals surface area contributed by atoms with Gasteiger partial charge in [-0.3, -0.25) is 15.2 Å². The number of benzene rings is 2. The van der Waals surface area contributed by atoms with E-state index < -0.39 is 0 Å². The molecule has 1 aliphatic rings. The normalized spacial score (nSPS) is 14.4. The van der Waals surface area contributed by atoms with Crippen molar-refractivity contribution >= 4 is 34.4 Å². The summed E-state index contributed by atoms with van der Waals surface area (Å²) in [6, 6.07) is 16.9. The fraction of sp³-hybridized carbons (Fsp3) is 0.208. The van der Waals surface area contributed by atoms with E-state index in [1.807, 2.05) is 30.3 Å². The molecular formula is C24H22ClN5O3. The van der Waals surface area contributed by atoms with E-state index in [-0.39, 0.29) is 6.03 Å². The van der Waals surface area contributed by atoms with Crippen LogP contribution in [0.3, 0.4) is 0 Å². The van der Waals surface area contributed by atoms with Gasteiger partial charge in [-0.2, -0.15) is 0 Å². The largest absolute Gasteiger partial charge is 0.457 e. The molecule has 0 spiro atoms. The van der Waals surface area contributed by atoms with Gasteiger partial charge in [0.25, 0.3) is 0 Å². The molecule has 0 saturated carbocycles. The minimum Gasteiger partial charge on any atom is -0.457 e. The molecule has 3 heterocycles. The minimum atomic E-state index is -0.188. The van der Waals surface area contributed by atoms with Gasteiger partial charge in [-0.1, -0.05) is 28.9 Å². The average Bonchev–Trinajstić information content (AvgIpc) is 3.24. The summed E-state index contributed by atoms with van der Waals surface area (Å²) in [4.78, 5) is 20.9. The van der Waals surface area contributed by atoms with Crippen molar-refractivity contribution < 1.29 is 14.1 Å². The molecule has 0 radical (unpaired) electrons. The van der Waals surface area contributed by atoms with Crippen molar-refractivity contribution in [2.24, 2.45) is 0 Å². The van der Waals surface area contributed by atoms with Crippen LogP contribution in [0.4, 0.5) is 10.6 Å². The van der Waals surface area contributed by atoms with Gasteiger partial charge in [0.15, 0.2) is 11.4 Å². The second-order valence-electron chi connectivity index (χ2n) is 7.80. The number of halogens is 1. The molecule has 9 heteroatoms. The molecule has 8 nitrogen and oxygen atoms in total. The molecule has 0 atom stereocenters. The number of carbonyl (C=O) groups is 1. The van der Waals surface area contributed by atoms with Crippen molar-refractivity contribution in [3.05, 3.63) is 77.6 Å². The van der Waals surface area contributed by atoms with Gasteiger partial charge in [0.05, 0.1) is 5.39 Å². The lowest BCUT2D eigenvalue weighted by molar-refractivity contribution is 0.143. The first-order chi connectivity index (χ1) is 16.1. The monoisotopic (exact) mass is 463 g/mol. The number of hydrogen-bond acceptors (Lipinski definition) is 6. The van der Waals surface area contributed by atoms with E-state index in [0.29, 0.717) is 34.9 Å². The van der Waals surface area contributed by atoms with Gasteiger partial charge < -0.3 is 14.2 Å². The summed E-state index contributed by atoms with van der Waals surface area (Å²) in [6.45, 7) is 3.59. The minimum absolute atomic E-state index is 0.188. The van der Waals surface area contributed by atoms with Crippen LogP contribution in [0.1, 0.15) is 5.56 Å². The second-order valence-corrected chi connectivity index (χ2v) is 8.24. The Balaban J connectivity index is 1.14. The number of anilines is 1. The summed E-state index contributed by atoms with van der Waals surface area (Å²) < 4.78 is 11.2. The van der Waals surface area contributed by atoms with Crippen molar-refractivity contribution in [2.45, 2.75) is 6.54 Å². The first kappa shape index (κ1) is 21.2. The molecule has 168 valence electrons.